The number of fused-ring (bicyclic) bond motifs is 1. The number of ether oxygens (including phenoxy) is 1. The zero-order valence-electron chi connectivity index (χ0n) is 15.0. The highest BCUT2D eigenvalue weighted by Crippen LogP contribution is 2.27. The summed E-state index contributed by atoms with van der Waals surface area (Å²) in [7, 11) is 0. The molecule has 2 aromatic carbocycles. The summed E-state index contributed by atoms with van der Waals surface area (Å²) in [6, 6.07) is 10.7. The number of esters is 1. The van der Waals surface area contributed by atoms with Gasteiger partial charge in [-0.1, -0.05) is 11.6 Å². The number of hydrogen-bond acceptors (Lipinski definition) is 6. The Morgan fingerprint density at radius 1 is 1.11 bits per heavy atom. The summed E-state index contributed by atoms with van der Waals surface area (Å²) in [5.41, 5.74) is 1.00. The van der Waals surface area contributed by atoms with Crippen molar-refractivity contribution in [3.05, 3.63) is 74.6 Å². The number of carbonyl (C=O) groups is 2. The van der Waals surface area contributed by atoms with Crippen LogP contribution in [0.25, 0.3) is 11.0 Å². The van der Waals surface area contributed by atoms with Gasteiger partial charge in [0, 0.05) is 39.6 Å². The number of phenols is 1. The molecule has 0 fully saturated rings. The number of carbonyl (C=O) groups excluding carboxylic acids is 2. The van der Waals surface area contributed by atoms with Crippen LogP contribution in [0.3, 0.4) is 0 Å². The van der Waals surface area contributed by atoms with E-state index in [2.05, 4.69) is 0 Å². The molecular weight excluding hydrogens is 384 g/mol. The van der Waals surface area contributed by atoms with Crippen molar-refractivity contribution in [1.29, 1.82) is 0 Å². The van der Waals surface area contributed by atoms with Crippen molar-refractivity contribution < 1.29 is 23.8 Å². The maximum Gasteiger partial charge on any atom is 0.336 e. The molecule has 0 bridgehead atoms. The van der Waals surface area contributed by atoms with Gasteiger partial charge in [0.05, 0.1) is 6.42 Å². The maximum atomic E-state index is 12.1. The molecule has 0 aliphatic carbocycles. The number of hydrogen-bond donors (Lipinski definition) is 1. The molecule has 0 radical (unpaired) electrons. The molecule has 0 saturated heterocycles. The summed E-state index contributed by atoms with van der Waals surface area (Å²) in [5, 5.41) is 10.9. The molecule has 0 aliphatic heterocycles. The van der Waals surface area contributed by atoms with E-state index < -0.39 is 11.6 Å². The smallest absolute Gasteiger partial charge is 0.336 e. The topological polar surface area (TPSA) is 93.8 Å². The summed E-state index contributed by atoms with van der Waals surface area (Å²) in [4.78, 5) is 35.9. The molecule has 7 heteroatoms. The highest BCUT2D eigenvalue weighted by Gasteiger charge is 2.14. The summed E-state index contributed by atoms with van der Waals surface area (Å²) in [5.74, 6) is -0.741. The van der Waals surface area contributed by atoms with Gasteiger partial charge >= 0.3 is 11.6 Å². The van der Waals surface area contributed by atoms with Crippen molar-refractivity contribution in [2.24, 2.45) is 0 Å². The zero-order chi connectivity index (χ0) is 20.3. The van der Waals surface area contributed by atoms with E-state index in [1.54, 1.807) is 37.3 Å². The minimum absolute atomic E-state index is 0.00508. The van der Waals surface area contributed by atoms with Crippen LogP contribution in [0.15, 0.2) is 51.7 Å². The highest BCUT2D eigenvalue weighted by molar-refractivity contribution is 6.30. The number of Topliss-reactive ketones (excluding diaryl/α,β-unsaturated/α-hetero) is 1. The van der Waals surface area contributed by atoms with E-state index >= 15 is 0 Å². The maximum absolute atomic E-state index is 12.1. The first-order valence-electron chi connectivity index (χ1n) is 8.55. The van der Waals surface area contributed by atoms with Crippen molar-refractivity contribution in [2.45, 2.75) is 26.4 Å². The standard InChI is InChI=1S/C21H17ClO6/c1-12-17(23)7-6-16-14(10-20(26)28-21(12)16)11-27-19(25)9-8-18(24)13-2-4-15(22)5-3-13/h2-7,10,23H,8-9,11H2,1H3. The second-order valence-electron chi connectivity index (χ2n) is 6.27. The molecule has 1 aromatic heterocycles. The van der Waals surface area contributed by atoms with Gasteiger partial charge in [-0.3, -0.25) is 9.59 Å². The monoisotopic (exact) mass is 400 g/mol. The van der Waals surface area contributed by atoms with Gasteiger partial charge in [0.2, 0.25) is 0 Å². The Kier molecular flexibility index (Phi) is 5.80. The minimum Gasteiger partial charge on any atom is -0.508 e. The molecule has 3 rings (SSSR count). The second kappa shape index (κ2) is 8.27. The second-order valence-corrected chi connectivity index (χ2v) is 6.70. The first-order chi connectivity index (χ1) is 13.3. The molecule has 0 atom stereocenters. The number of aromatic hydroxyl groups is 1. The zero-order valence-corrected chi connectivity index (χ0v) is 15.8. The van der Waals surface area contributed by atoms with Gasteiger partial charge in [-0.05, 0) is 43.3 Å². The van der Waals surface area contributed by atoms with Crippen molar-refractivity contribution in [3.63, 3.8) is 0 Å². The average molecular weight is 401 g/mol. The molecule has 0 aliphatic rings. The first-order valence-corrected chi connectivity index (χ1v) is 8.92. The van der Waals surface area contributed by atoms with E-state index in [0.29, 0.717) is 27.1 Å². The minimum atomic E-state index is -0.606. The molecule has 0 amide bonds. The van der Waals surface area contributed by atoms with E-state index in [1.807, 2.05) is 0 Å². The summed E-state index contributed by atoms with van der Waals surface area (Å²) >= 11 is 5.79. The van der Waals surface area contributed by atoms with Crippen LogP contribution in [0, 0.1) is 6.92 Å². The number of phenolic OH excluding ortho intramolecular Hbond substituents is 1. The Labute approximate surface area is 165 Å². The average Bonchev–Trinajstić information content (AvgIpc) is 2.68. The van der Waals surface area contributed by atoms with Gasteiger partial charge in [-0.15, -0.1) is 0 Å². The molecule has 0 unspecified atom stereocenters. The summed E-state index contributed by atoms with van der Waals surface area (Å²) in [6.45, 7) is 1.49. The van der Waals surface area contributed by atoms with E-state index in [1.165, 1.54) is 12.1 Å². The SMILES string of the molecule is Cc1c(O)ccc2c(COC(=O)CCC(=O)c3ccc(Cl)cc3)cc(=O)oc12. The third-order valence-corrected chi connectivity index (χ3v) is 4.58. The molecular formula is C21H17ClO6. The number of benzene rings is 2. The molecule has 144 valence electrons. The van der Waals surface area contributed by atoms with Crippen LogP contribution in [0.1, 0.15) is 34.3 Å². The van der Waals surface area contributed by atoms with E-state index in [0.717, 1.165) is 0 Å². The van der Waals surface area contributed by atoms with Crippen LogP contribution < -0.4 is 5.63 Å². The molecule has 3 aromatic rings. The van der Waals surface area contributed by atoms with Gasteiger partial charge < -0.3 is 14.3 Å². The third-order valence-electron chi connectivity index (χ3n) is 4.33. The van der Waals surface area contributed by atoms with Crippen LogP contribution >= 0.6 is 11.6 Å². The highest BCUT2D eigenvalue weighted by atomic mass is 35.5. The van der Waals surface area contributed by atoms with Crippen LogP contribution in [-0.2, 0) is 16.1 Å². The van der Waals surface area contributed by atoms with Gasteiger partial charge in [-0.2, -0.15) is 0 Å². The van der Waals surface area contributed by atoms with E-state index in [9.17, 15) is 19.5 Å². The van der Waals surface area contributed by atoms with E-state index in [-0.39, 0.29) is 36.6 Å². The van der Waals surface area contributed by atoms with Crippen molar-refractivity contribution >= 4 is 34.3 Å². The Morgan fingerprint density at radius 3 is 2.54 bits per heavy atom. The fourth-order valence-corrected chi connectivity index (χ4v) is 2.89. The Bertz CT molecular complexity index is 1100. The van der Waals surface area contributed by atoms with Gasteiger partial charge in [-0.25, -0.2) is 4.79 Å². The molecule has 28 heavy (non-hydrogen) atoms. The quantitative estimate of drug-likeness (QED) is 0.379. The first kappa shape index (κ1) is 19.6. The number of ketones is 1. The predicted molar refractivity (Wildman–Crippen MR) is 104 cm³/mol. The number of aryl methyl sites for hydroxylation is 1. The molecule has 6 nitrogen and oxygen atoms in total. The Balaban J connectivity index is 1.65. The summed E-state index contributed by atoms with van der Waals surface area (Å²) < 4.78 is 10.4. The largest absolute Gasteiger partial charge is 0.508 e. The molecule has 1 heterocycles. The van der Waals surface area contributed by atoms with Crippen molar-refractivity contribution in [2.75, 3.05) is 0 Å². The van der Waals surface area contributed by atoms with Crippen LogP contribution in [0.2, 0.25) is 5.02 Å². The number of halogens is 1. The van der Waals surface area contributed by atoms with Crippen LogP contribution in [0.4, 0.5) is 0 Å². The molecule has 0 spiro atoms. The summed E-state index contributed by atoms with van der Waals surface area (Å²) in [6.07, 6.45) is -0.0776. The predicted octanol–water partition coefficient (Wildman–Crippen LogP) is 4.17. The lowest BCUT2D eigenvalue weighted by molar-refractivity contribution is -0.144. The van der Waals surface area contributed by atoms with Gasteiger partial charge in [0.15, 0.2) is 5.78 Å². The third kappa shape index (κ3) is 4.40. The molecule has 1 N–H and O–H groups in total. The van der Waals surface area contributed by atoms with Crippen LogP contribution in [-0.4, -0.2) is 16.9 Å². The Hall–Kier alpha value is -3.12. The van der Waals surface area contributed by atoms with Crippen molar-refractivity contribution in [1.82, 2.24) is 0 Å². The van der Waals surface area contributed by atoms with Crippen molar-refractivity contribution in [3.8, 4) is 5.75 Å². The fraction of sp³-hybridized carbons (Fsp3) is 0.190. The van der Waals surface area contributed by atoms with Crippen LogP contribution in [0.5, 0.6) is 5.75 Å². The van der Waals surface area contributed by atoms with Gasteiger partial charge in [0.25, 0.3) is 0 Å². The molecule has 0 saturated carbocycles. The lowest BCUT2D eigenvalue weighted by atomic mass is 10.1. The van der Waals surface area contributed by atoms with E-state index in [4.69, 9.17) is 20.8 Å². The fourth-order valence-electron chi connectivity index (χ4n) is 2.76. The normalized spacial score (nSPS) is 10.8. The van der Waals surface area contributed by atoms with Gasteiger partial charge in [0.1, 0.15) is 17.9 Å². The Morgan fingerprint density at radius 2 is 1.82 bits per heavy atom. The lowest BCUT2D eigenvalue weighted by Crippen LogP contribution is -2.10. The lowest BCUT2D eigenvalue weighted by Gasteiger charge is -2.09. The number of rotatable bonds is 6.